The van der Waals surface area contributed by atoms with Crippen LogP contribution >= 0.6 is 0 Å². The number of carbonyl (C=O) groups excluding carboxylic acids is 1. The highest BCUT2D eigenvalue weighted by Gasteiger charge is 2.25. The molecule has 0 bridgehead atoms. The zero-order chi connectivity index (χ0) is 13.7. The number of nitrogens with one attached hydrogen (secondary N) is 1. The first-order chi connectivity index (χ1) is 9.20. The van der Waals surface area contributed by atoms with Gasteiger partial charge in [-0.1, -0.05) is 0 Å². The Kier molecular flexibility index (Phi) is 4.85. The van der Waals surface area contributed by atoms with Crippen LogP contribution in [0.2, 0.25) is 0 Å². The van der Waals surface area contributed by atoms with E-state index >= 15 is 0 Å². The molecule has 1 unspecified atom stereocenters. The van der Waals surface area contributed by atoms with Crippen LogP contribution in [0.25, 0.3) is 0 Å². The number of nitrogens with zero attached hydrogens (tertiary/aromatic N) is 1. The zero-order valence-electron chi connectivity index (χ0n) is 11.4. The minimum atomic E-state index is -0.0815. The molecule has 5 heteroatoms. The second-order valence-electron chi connectivity index (χ2n) is 5.02. The van der Waals surface area contributed by atoms with Crippen LogP contribution in [-0.4, -0.2) is 41.8 Å². The first kappa shape index (κ1) is 13.9. The van der Waals surface area contributed by atoms with Gasteiger partial charge in [0, 0.05) is 19.5 Å². The molecule has 2 N–H and O–H groups in total. The smallest absolute Gasteiger partial charge is 0.317 e. The summed E-state index contributed by atoms with van der Waals surface area (Å²) >= 11 is 0. The largest absolute Gasteiger partial charge is 0.466 e. The van der Waals surface area contributed by atoms with E-state index in [0.717, 1.165) is 37.3 Å². The molecule has 5 nitrogen and oxygen atoms in total. The Balaban J connectivity index is 1.77. The van der Waals surface area contributed by atoms with Crippen LogP contribution in [0.4, 0.5) is 4.79 Å². The normalized spacial score (nSPS) is 19.5. The third-order valence-electron chi connectivity index (χ3n) is 3.54. The van der Waals surface area contributed by atoms with Gasteiger partial charge in [-0.15, -0.1) is 0 Å². The van der Waals surface area contributed by atoms with Gasteiger partial charge in [0.15, 0.2) is 0 Å². The van der Waals surface area contributed by atoms with Crippen molar-refractivity contribution in [2.75, 3.05) is 19.7 Å². The summed E-state index contributed by atoms with van der Waals surface area (Å²) in [4.78, 5) is 13.8. The van der Waals surface area contributed by atoms with Gasteiger partial charge in [0.2, 0.25) is 0 Å². The Morgan fingerprint density at radius 2 is 2.37 bits per heavy atom. The molecule has 1 aliphatic rings. The molecule has 1 aliphatic heterocycles. The van der Waals surface area contributed by atoms with E-state index in [1.807, 2.05) is 19.1 Å². The summed E-state index contributed by atoms with van der Waals surface area (Å²) in [6.07, 6.45) is 3.68. The summed E-state index contributed by atoms with van der Waals surface area (Å²) < 4.78 is 5.45. The van der Waals surface area contributed by atoms with Crippen molar-refractivity contribution in [3.63, 3.8) is 0 Å². The Labute approximate surface area is 113 Å². The van der Waals surface area contributed by atoms with Crippen molar-refractivity contribution in [1.82, 2.24) is 10.2 Å². The third-order valence-corrected chi connectivity index (χ3v) is 3.54. The number of carbonyl (C=O) groups is 1. The fourth-order valence-corrected chi connectivity index (χ4v) is 2.47. The van der Waals surface area contributed by atoms with Gasteiger partial charge in [0.1, 0.15) is 11.5 Å². The summed E-state index contributed by atoms with van der Waals surface area (Å²) in [5.41, 5.74) is 0. The lowest BCUT2D eigenvalue weighted by Gasteiger charge is -2.34. The highest BCUT2D eigenvalue weighted by Crippen LogP contribution is 2.16. The molecule has 0 aromatic carbocycles. The number of hydrogen-bond donors (Lipinski definition) is 2. The molecule has 106 valence electrons. The number of piperidine rings is 1. The van der Waals surface area contributed by atoms with Crippen molar-refractivity contribution in [3.8, 4) is 0 Å². The quantitative estimate of drug-likeness (QED) is 0.871. The first-order valence-corrected chi connectivity index (χ1v) is 6.91. The molecule has 1 fully saturated rings. The topological polar surface area (TPSA) is 65.7 Å². The molecule has 2 rings (SSSR count). The number of furan rings is 1. The monoisotopic (exact) mass is 266 g/mol. The van der Waals surface area contributed by atoms with Gasteiger partial charge in [0.25, 0.3) is 0 Å². The van der Waals surface area contributed by atoms with Crippen molar-refractivity contribution in [3.05, 3.63) is 23.7 Å². The van der Waals surface area contributed by atoms with Gasteiger partial charge >= 0.3 is 6.03 Å². The highest BCUT2D eigenvalue weighted by molar-refractivity contribution is 5.74. The summed E-state index contributed by atoms with van der Waals surface area (Å²) in [6.45, 7) is 3.24. The minimum Gasteiger partial charge on any atom is -0.466 e. The SMILES string of the molecule is Cc1ccc(CCNC(=O)N2CCCCC2CO)o1. The van der Waals surface area contributed by atoms with Crippen molar-refractivity contribution in [2.24, 2.45) is 0 Å². The maximum absolute atomic E-state index is 12.0. The van der Waals surface area contributed by atoms with Crippen LogP contribution in [0.1, 0.15) is 30.8 Å². The van der Waals surface area contributed by atoms with Crippen molar-refractivity contribution in [1.29, 1.82) is 0 Å². The summed E-state index contributed by atoms with van der Waals surface area (Å²) in [6, 6.07) is 3.74. The van der Waals surface area contributed by atoms with E-state index in [0.29, 0.717) is 13.0 Å². The fourth-order valence-electron chi connectivity index (χ4n) is 2.47. The van der Waals surface area contributed by atoms with Crippen LogP contribution in [-0.2, 0) is 6.42 Å². The Morgan fingerprint density at radius 3 is 3.05 bits per heavy atom. The zero-order valence-corrected chi connectivity index (χ0v) is 11.4. The lowest BCUT2D eigenvalue weighted by Crippen LogP contribution is -2.50. The summed E-state index contributed by atoms with van der Waals surface area (Å²) in [5, 5.41) is 12.2. The van der Waals surface area contributed by atoms with Gasteiger partial charge in [0.05, 0.1) is 12.6 Å². The van der Waals surface area contributed by atoms with Crippen LogP contribution in [0.5, 0.6) is 0 Å². The van der Waals surface area contributed by atoms with E-state index in [2.05, 4.69) is 5.32 Å². The number of amides is 2. The van der Waals surface area contributed by atoms with Crippen molar-refractivity contribution >= 4 is 6.03 Å². The molecule has 1 aromatic heterocycles. The predicted octanol–water partition coefficient (Wildman–Crippen LogP) is 1.69. The Hall–Kier alpha value is -1.49. The maximum atomic E-state index is 12.0. The average Bonchev–Trinajstić information content (AvgIpc) is 2.84. The molecule has 1 aromatic rings. The maximum Gasteiger partial charge on any atom is 0.317 e. The third kappa shape index (κ3) is 3.73. The van der Waals surface area contributed by atoms with Crippen LogP contribution < -0.4 is 5.32 Å². The molecular weight excluding hydrogens is 244 g/mol. The number of aryl methyl sites for hydroxylation is 1. The molecule has 1 atom stereocenters. The molecular formula is C14H22N2O3. The number of urea groups is 1. The van der Waals surface area contributed by atoms with E-state index in [-0.39, 0.29) is 18.7 Å². The van der Waals surface area contributed by atoms with E-state index in [1.54, 1.807) is 4.90 Å². The average molecular weight is 266 g/mol. The number of hydrogen-bond acceptors (Lipinski definition) is 3. The summed E-state index contributed by atoms with van der Waals surface area (Å²) in [7, 11) is 0. The second-order valence-corrected chi connectivity index (χ2v) is 5.02. The van der Waals surface area contributed by atoms with Crippen molar-refractivity contribution < 1.29 is 14.3 Å². The molecule has 2 heterocycles. The second kappa shape index (κ2) is 6.61. The molecule has 0 saturated carbocycles. The molecule has 0 radical (unpaired) electrons. The molecule has 19 heavy (non-hydrogen) atoms. The predicted molar refractivity (Wildman–Crippen MR) is 72.0 cm³/mol. The highest BCUT2D eigenvalue weighted by atomic mass is 16.3. The summed E-state index contributed by atoms with van der Waals surface area (Å²) in [5.74, 6) is 1.77. The van der Waals surface area contributed by atoms with Gasteiger partial charge in [-0.05, 0) is 38.3 Å². The molecule has 1 saturated heterocycles. The van der Waals surface area contributed by atoms with Gasteiger partial charge < -0.3 is 19.7 Å². The van der Waals surface area contributed by atoms with E-state index in [4.69, 9.17) is 4.42 Å². The lowest BCUT2D eigenvalue weighted by molar-refractivity contribution is 0.108. The van der Waals surface area contributed by atoms with Gasteiger partial charge in [-0.25, -0.2) is 4.79 Å². The van der Waals surface area contributed by atoms with Crippen LogP contribution in [0, 0.1) is 6.92 Å². The Bertz CT molecular complexity index is 417. The standard InChI is InChI=1S/C14H22N2O3/c1-11-5-6-13(19-11)7-8-15-14(18)16-9-3-2-4-12(16)10-17/h5-6,12,17H,2-4,7-10H2,1H3,(H,15,18). The van der Waals surface area contributed by atoms with E-state index in [9.17, 15) is 9.90 Å². The number of likely N-dealkylation sites (tertiary alicyclic amines) is 1. The first-order valence-electron chi connectivity index (χ1n) is 6.91. The number of rotatable bonds is 4. The number of aliphatic hydroxyl groups excluding tert-OH is 1. The fraction of sp³-hybridized carbons (Fsp3) is 0.643. The van der Waals surface area contributed by atoms with Crippen molar-refractivity contribution in [2.45, 2.75) is 38.6 Å². The lowest BCUT2D eigenvalue weighted by atomic mass is 10.0. The van der Waals surface area contributed by atoms with E-state index in [1.165, 1.54) is 0 Å². The van der Waals surface area contributed by atoms with Gasteiger partial charge in [-0.3, -0.25) is 0 Å². The Morgan fingerprint density at radius 1 is 1.53 bits per heavy atom. The van der Waals surface area contributed by atoms with Gasteiger partial charge in [-0.2, -0.15) is 0 Å². The molecule has 0 spiro atoms. The molecule has 0 aliphatic carbocycles. The van der Waals surface area contributed by atoms with Crippen LogP contribution in [0.15, 0.2) is 16.5 Å². The molecule has 2 amide bonds. The van der Waals surface area contributed by atoms with Crippen LogP contribution in [0.3, 0.4) is 0 Å². The van der Waals surface area contributed by atoms with E-state index < -0.39 is 0 Å². The number of aliphatic hydroxyl groups is 1. The minimum absolute atomic E-state index is 0.0281.